The van der Waals surface area contributed by atoms with Crippen molar-refractivity contribution in [1.29, 1.82) is 5.26 Å². The number of aryl methyl sites for hydroxylation is 2. The van der Waals surface area contributed by atoms with Crippen molar-refractivity contribution in [3.8, 4) is 6.07 Å². The maximum absolute atomic E-state index is 13.0. The minimum atomic E-state index is -0.784. The highest BCUT2D eigenvalue weighted by Crippen LogP contribution is 2.38. The van der Waals surface area contributed by atoms with Gasteiger partial charge in [0, 0.05) is 13.1 Å². The van der Waals surface area contributed by atoms with Crippen LogP contribution in [0, 0.1) is 30.6 Å². The Morgan fingerprint density at radius 1 is 1.26 bits per heavy atom. The summed E-state index contributed by atoms with van der Waals surface area (Å²) in [5.41, 5.74) is -0.784. The van der Waals surface area contributed by atoms with Gasteiger partial charge in [0.1, 0.15) is 17.1 Å². The lowest BCUT2D eigenvalue weighted by molar-refractivity contribution is -0.142. The van der Waals surface area contributed by atoms with Crippen molar-refractivity contribution in [1.82, 2.24) is 19.7 Å². The lowest BCUT2D eigenvalue weighted by atomic mass is 9.74. The van der Waals surface area contributed by atoms with Crippen molar-refractivity contribution < 1.29 is 4.79 Å². The first-order chi connectivity index (χ1) is 11.1. The summed E-state index contributed by atoms with van der Waals surface area (Å²) in [6.45, 7) is 5.25. The standard InChI is InChI=1S/C17H25N5O/c1-13-19-14(2)22(20-13)15-7-6-10-21(11-15)16(23)17(12-18)8-4-3-5-9-17/h15H,3-11H2,1-2H3/t15-/m0/s1. The fourth-order valence-corrected chi connectivity index (χ4v) is 4.05. The van der Waals surface area contributed by atoms with Gasteiger partial charge >= 0.3 is 0 Å². The molecule has 0 unspecified atom stereocenters. The van der Waals surface area contributed by atoms with Crippen LogP contribution in [0.1, 0.15) is 62.6 Å². The zero-order chi connectivity index (χ0) is 16.4. The molecule has 2 aliphatic rings. The van der Waals surface area contributed by atoms with E-state index in [1.54, 1.807) is 0 Å². The Kier molecular flexibility index (Phi) is 4.38. The summed E-state index contributed by atoms with van der Waals surface area (Å²) in [6, 6.07) is 2.53. The molecule has 1 saturated heterocycles. The van der Waals surface area contributed by atoms with Crippen molar-refractivity contribution in [2.75, 3.05) is 13.1 Å². The molecule has 23 heavy (non-hydrogen) atoms. The Hall–Kier alpha value is -1.90. The van der Waals surface area contributed by atoms with E-state index in [9.17, 15) is 10.1 Å². The van der Waals surface area contributed by atoms with E-state index < -0.39 is 5.41 Å². The van der Waals surface area contributed by atoms with Crippen molar-refractivity contribution in [2.24, 2.45) is 5.41 Å². The van der Waals surface area contributed by atoms with Gasteiger partial charge in [-0.2, -0.15) is 10.4 Å². The maximum Gasteiger partial charge on any atom is 0.243 e. The number of rotatable bonds is 2. The predicted molar refractivity (Wildman–Crippen MR) is 85.5 cm³/mol. The summed E-state index contributed by atoms with van der Waals surface area (Å²) in [7, 11) is 0. The first kappa shape index (κ1) is 16.0. The van der Waals surface area contributed by atoms with Crippen LogP contribution in [0.5, 0.6) is 0 Å². The van der Waals surface area contributed by atoms with Crippen LogP contribution in [0.15, 0.2) is 0 Å². The van der Waals surface area contributed by atoms with E-state index in [-0.39, 0.29) is 11.9 Å². The van der Waals surface area contributed by atoms with Gasteiger partial charge in [-0.05, 0) is 39.5 Å². The van der Waals surface area contributed by atoms with Crippen molar-refractivity contribution in [3.63, 3.8) is 0 Å². The molecular formula is C17H25N5O. The van der Waals surface area contributed by atoms with Gasteiger partial charge < -0.3 is 4.90 Å². The Bertz CT molecular complexity index is 623. The number of carbonyl (C=O) groups is 1. The van der Waals surface area contributed by atoms with E-state index in [0.29, 0.717) is 19.4 Å². The van der Waals surface area contributed by atoms with Gasteiger partial charge in [-0.15, -0.1) is 0 Å². The maximum atomic E-state index is 13.0. The van der Waals surface area contributed by atoms with Crippen LogP contribution in [0.25, 0.3) is 0 Å². The number of amides is 1. The van der Waals surface area contributed by atoms with Gasteiger partial charge in [-0.25, -0.2) is 9.67 Å². The number of piperidine rings is 1. The fraction of sp³-hybridized carbons (Fsp3) is 0.765. The van der Waals surface area contributed by atoms with Crippen LogP contribution in [-0.4, -0.2) is 38.7 Å². The number of carbonyl (C=O) groups excluding carboxylic acids is 1. The third-order valence-electron chi connectivity index (χ3n) is 5.27. The van der Waals surface area contributed by atoms with E-state index in [4.69, 9.17) is 0 Å². The van der Waals surface area contributed by atoms with Crippen LogP contribution >= 0.6 is 0 Å². The van der Waals surface area contributed by atoms with Crippen molar-refractivity contribution in [2.45, 2.75) is 64.8 Å². The van der Waals surface area contributed by atoms with Crippen LogP contribution < -0.4 is 0 Å². The molecule has 6 nitrogen and oxygen atoms in total. The summed E-state index contributed by atoms with van der Waals surface area (Å²) >= 11 is 0. The van der Waals surface area contributed by atoms with Crippen LogP contribution in [-0.2, 0) is 4.79 Å². The quantitative estimate of drug-likeness (QED) is 0.840. The molecule has 0 N–H and O–H groups in total. The number of aromatic nitrogens is 3. The number of hydrogen-bond donors (Lipinski definition) is 0. The highest BCUT2D eigenvalue weighted by Gasteiger charge is 2.43. The Morgan fingerprint density at radius 2 is 2.00 bits per heavy atom. The Morgan fingerprint density at radius 3 is 2.61 bits per heavy atom. The molecule has 0 spiro atoms. The number of hydrogen-bond acceptors (Lipinski definition) is 4. The minimum Gasteiger partial charge on any atom is -0.339 e. The molecule has 1 saturated carbocycles. The molecule has 1 aromatic heterocycles. The predicted octanol–water partition coefficient (Wildman–Crippen LogP) is 2.53. The molecule has 124 valence electrons. The van der Waals surface area contributed by atoms with Crippen molar-refractivity contribution >= 4 is 5.91 Å². The van der Waals surface area contributed by atoms with Gasteiger partial charge in [0.2, 0.25) is 5.91 Å². The summed E-state index contributed by atoms with van der Waals surface area (Å²) in [4.78, 5) is 19.3. The third kappa shape index (κ3) is 2.97. The van der Waals surface area contributed by atoms with Crippen LogP contribution in [0.2, 0.25) is 0 Å². The monoisotopic (exact) mass is 315 g/mol. The first-order valence-electron chi connectivity index (χ1n) is 8.66. The van der Waals surface area contributed by atoms with Crippen molar-refractivity contribution in [3.05, 3.63) is 11.6 Å². The van der Waals surface area contributed by atoms with Gasteiger partial charge in [0.05, 0.1) is 12.1 Å². The van der Waals surface area contributed by atoms with E-state index in [2.05, 4.69) is 16.2 Å². The second-order valence-electron chi connectivity index (χ2n) is 6.95. The van der Waals surface area contributed by atoms with Crippen LogP contribution in [0.4, 0.5) is 0 Å². The molecule has 6 heteroatoms. The molecule has 2 heterocycles. The molecule has 0 aromatic carbocycles. The molecule has 1 aliphatic heterocycles. The zero-order valence-electron chi connectivity index (χ0n) is 14.1. The third-order valence-corrected chi connectivity index (χ3v) is 5.27. The molecule has 0 bridgehead atoms. The molecule has 2 fully saturated rings. The molecule has 1 amide bonds. The lowest BCUT2D eigenvalue weighted by Crippen LogP contribution is -2.49. The Labute approximate surface area is 137 Å². The van der Waals surface area contributed by atoms with Gasteiger partial charge in [-0.3, -0.25) is 4.79 Å². The molecule has 3 rings (SSSR count). The second kappa shape index (κ2) is 6.31. The van der Waals surface area contributed by atoms with E-state index in [0.717, 1.165) is 50.3 Å². The summed E-state index contributed by atoms with van der Waals surface area (Å²) < 4.78 is 1.95. The average molecular weight is 315 g/mol. The van der Waals surface area contributed by atoms with E-state index >= 15 is 0 Å². The highest BCUT2D eigenvalue weighted by molar-refractivity contribution is 5.85. The Balaban J connectivity index is 1.77. The molecule has 1 aliphatic carbocycles. The highest BCUT2D eigenvalue weighted by atomic mass is 16.2. The normalized spacial score (nSPS) is 24.2. The van der Waals surface area contributed by atoms with Gasteiger partial charge in [0.25, 0.3) is 0 Å². The van der Waals surface area contributed by atoms with Gasteiger partial charge in [-0.1, -0.05) is 19.3 Å². The minimum absolute atomic E-state index is 0.0406. The molecule has 1 aromatic rings. The number of likely N-dealkylation sites (tertiary alicyclic amines) is 1. The summed E-state index contributed by atoms with van der Waals surface area (Å²) in [5.74, 6) is 1.71. The lowest BCUT2D eigenvalue weighted by Gasteiger charge is -2.39. The fourth-order valence-electron chi connectivity index (χ4n) is 4.05. The van der Waals surface area contributed by atoms with E-state index in [1.807, 2.05) is 23.4 Å². The summed E-state index contributed by atoms with van der Waals surface area (Å²) in [5, 5.41) is 14.1. The molecule has 1 atom stereocenters. The number of nitrogens with zero attached hydrogens (tertiary/aromatic N) is 5. The zero-order valence-corrected chi connectivity index (χ0v) is 14.1. The van der Waals surface area contributed by atoms with E-state index in [1.165, 1.54) is 0 Å². The number of nitriles is 1. The smallest absolute Gasteiger partial charge is 0.243 e. The topological polar surface area (TPSA) is 74.8 Å². The second-order valence-corrected chi connectivity index (χ2v) is 6.95. The molecule has 0 radical (unpaired) electrons. The SMILES string of the molecule is Cc1nc(C)n([C@H]2CCCN(C(=O)C3(C#N)CCCCC3)C2)n1. The largest absolute Gasteiger partial charge is 0.339 e. The van der Waals surface area contributed by atoms with Crippen LogP contribution in [0.3, 0.4) is 0 Å². The van der Waals surface area contributed by atoms with Gasteiger partial charge in [0.15, 0.2) is 0 Å². The first-order valence-corrected chi connectivity index (χ1v) is 8.66. The summed E-state index contributed by atoms with van der Waals surface area (Å²) in [6.07, 6.45) is 6.49. The average Bonchev–Trinajstić information content (AvgIpc) is 2.93. The molecular weight excluding hydrogens is 290 g/mol.